The molecule has 2 aliphatic rings. The van der Waals surface area contributed by atoms with Crippen LogP contribution in [-0.4, -0.2) is 14.8 Å². The summed E-state index contributed by atoms with van der Waals surface area (Å²) in [7, 11) is 0. The van der Waals surface area contributed by atoms with Crippen molar-refractivity contribution in [3.8, 4) is 23.2 Å². The molecule has 1 heterocycles. The van der Waals surface area contributed by atoms with Gasteiger partial charge in [0.1, 0.15) is 12.4 Å². The van der Waals surface area contributed by atoms with Gasteiger partial charge in [0.15, 0.2) is 0 Å². The first-order valence-electron chi connectivity index (χ1n) is 10.8. The van der Waals surface area contributed by atoms with E-state index in [0.717, 1.165) is 29.5 Å². The van der Waals surface area contributed by atoms with Crippen molar-refractivity contribution >= 4 is 0 Å². The lowest BCUT2D eigenvalue weighted by atomic mass is 10.0. The van der Waals surface area contributed by atoms with Gasteiger partial charge >= 0.3 is 0 Å². The van der Waals surface area contributed by atoms with Gasteiger partial charge < -0.3 is 14.9 Å². The van der Waals surface area contributed by atoms with Gasteiger partial charge in [0, 0.05) is 29.0 Å². The number of allylic oxidation sites excluding steroid dienone is 2. The van der Waals surface area contributed by atoms with Crippen LogP contribution in [0, 0.1) is 0 Å². The Morgan fingerprint density at radius 3 is 2.27 bits per heavy atom. The van der Waals surface area contributed by atoms with Crippen LogP contribution in [0.25, 0.3) is 5.69 Å². The summed E-state index contributed by atoms with van der Waals surface area (Å²) < 4.78 is 7.53. The van der Waals surface area contributed by atoms with Crippen molar-refractivity contribution in [1.29, 1.82) is 0 Å². The minimum atomic E-state index is 0.138. The Morgan fingerprint density at radius 2 is 1.60 bits per heavy atom. The maximum Gasteiger partial charge on any atom is 0.202 e. The van der Waals surface area contributed by atoms with Crippen LogP contribution in [0.4, 0.5) is 0 Å². The SMILES string of the molecule is CCCCc1ccc(COc2cccc(-n3c(O)c4c(c3O)C3C=CC4C3)c2)cc1. The van der Waals surface area contributed by atoms with E-state index in [2.05, 4.69) is 43.3 Å². The first kappa shape index (κ1) is 18.9. The molecule has 2 aliphatic carbocycles. The quantitative estimate of drug-likeness (QED) is 0.481. The van der Waals surface area contributed by atoms with Gasteiger partial charge in [0.05, 0.1) is 5.69 Å². The molecule has 4 nitrogen and oxygen atoms in total. The van der Waals surface area contributed by atoms with E-state index in [9.17, 15) is 10.2 Å². The van der Waals surface area contributed by atoms with Crippen molar-refractivity contribution in [2.45, 2.75) is 51.0 Å². The van der Waals surface area contributed by atoms with Crippen molar-refractivity contribution in [2.75, 3.05) is 0 Å². The van der Waals surface area contributed by atoms with Gasteiger partial charge in [-0.1, -0.05) is 55.8 Å². The van der Waals surface area contributed by atoms with Crippen LogP contribution in [0.1, 0.15) is 60.3 Å². The molecule has 2 atom stereocenters. The highest BCUT2D eigenvalue weighted by molar-refractivity contribution is 5.62. The molecule has 0 fully saturated rings. The summed E-state index contributed by atoms with van der Waals surface area (Å²) in [6.07, 6.45) is 8.74. The first-order chi connectivity index (χ1) is 14.7. The average Bonchev–Trinajstić information content (AvgIpc) is 3.45. The highest BCUT2D eigenvalue weighted by Gasteiger charge is 2.41. The largest absolute Gasteiger partial charge is 0.494 e. The molecular formula is C26H27NO3. The standard InChI is InChI=1S/C26H27NO3/c1-2-3-5-17-8-10-18(11-9-17)16-30-22-7-4-6-21(15-22)27-25(28)23-19-12-13-20(14-19)24(23)26(27)29/h4,6-13,15,19-20,28-29H,2-3,5,14,16H2,1H3. The number of rotatable bonds is 7. The minimum Gasteiger partial charge on any atom is -0.494 e. The zero-order valence-electron chi connectivity index (χ0n) is 17.2. The fourth-order valence-corrected chi connectivity index (χ4v) is 4.75. The van der Waals surface area contributed by atoms with Crippen molar-refractivity contribution in [3.05, 3.63) is 82.9 Å². The Balaban J connectivity index is 1.34. The van der Waals surface area contributed by atoms with Crippen LogP contribution in [0.2, 0.25) is 0 Å². The summed E-state index contributed by atoms with van der Waals surface area (Å²) in [5.41, 5.74) is 4.92. The molecule has 0 radical (unpaired) electrons. The molecule has 154 valence electrons. The summed E-state index contributed by atoms with van der Waals surface area (Å²) >= 11 is 0. The van der Waals surface area contributed by atoms with Crippen LogP contribution in [0.3, 0.4) is 0 Å². The molecule has 1 aromatic heterocycles. The first-order valence-corrected chi connectivity index (χ1v) is 10.8. The highest BCUT2D eigenvalue weighted by atomic mass is 16.5. The molecule has 2 bridgehead atoms. The van der Waals surface area contributed by atoms with Gasteiger partial charge in [0.2, 0.25) is 11.8 Å². The molecular weight excluding hydrogens is 374 g/mol. The highest BCUT2D eigenvalue weighted by Crippen LogP contribution is 2.57. The average molecular weight is 402 g/mol. The summed E-state index contributed by atoms with van der Waals surface area (Å²) in [5.74, 6) is 1.39. The summed E-state index contributed by atoms with van der Waals surface area (Å²) in [6, 6.07) is 16.1. The zero-order valence-corrected chi connectivity index (χ0v) is 17.2. The molecule has 2 aromatic carbocycles. The second-order valence-electron chi connectivity index (χ2n) is 8.35. The molecule has 0 aliphatic heterocycles. The predicted octanol–water partition coefficient (Wildman–Crippen LogP) is 5.95. The summed E-state index contributed by atoms with van der Waals surface area (Å²) in [6.45, 7) is 2.68. The Labute approximate surface area is 177 Å². The normalized spacial score (nSPS) is 18.7. The second-order valence-corrected chi connectivity index (χ2v) is 8.35. The van der Waals surface area contributed by atoms with Crippen LogP contribution >= 0.6 is 0 Å². The van der Waals surface area contributed by atoms with E-state index in [1.54, 1.807) is 0 Å². The molecule has 0 saturated heterocycles. The fourth-order valence-electron chi connectivity index (χ4n) is 4.75. The number of hydrogen-bond donors (Lipinski definition) is 2. The molecule has 0 saturated carbocycles. The summed E-state index contributed by atoms with van der Waals surface area (Å²) in [4.78, 5) is 0. The molecule has 0 amide bonds. The van der Waals surface area contributed by atoms with Crippen LogP contribution in [0.5, 0.6) is 17.5 Å². The molecule has 0 spiro atoms. The van der Waals surface area contributed by atoms with Crippen molar-refractivity contribution in [3.63, 3.8) is 0 Å². The van der Waals surface area contributed by atoms with Gasteiger partial charge in [0.25, 0.3) is 0 Å². The van der Waals surface area contributed by atoms with Crippen molar-refractivity contribution < 1.29 is 14.9 Å². The lowest BCUT2D eigenvalue weighted by Crippen LogP contribution is -1.99. The lowest BCUT2D eigenvalue weighted by molar-refractivity contribution is 0.306. The third-order valence-corrected chi connectivity index (χ3v) is 6.34. The number of fused-ring (bicyclic) bond motifs is 5. The number of nitrogens with zero attached hydrogens (tertiary/aromatic N) is 1. The third-order valence-electron chi connectivity index (χ3n) is 6.34. The van der Waals surface area contributed by atoms with Gasteiger partial charge in [-0.25, -0.2) is 0 Å². The van der Waals surface area contributed by atoms with E-state index in [0.29, 0.717) is 18.0 Å². The van der Waals surface area contributed by atoms with Gasteiger partial charge in [-0.2, -0.15) is 0 Å². The molecule has 2 N–H and O–H groups in total. The minimum absolute atomic E-state index is 0.138. The monoisotopic (exact) mass is 401 g/mol. The van der Waals surface area contributed by atoms with E-state index < -0.39 is 0 Å². The van der Waals surface area contributed by atoms with Crippen LogP contribution in [-0.2, 0) is 13.0 Å². The van der Waals surface area contributed by atoms with E-state index >= 15 is 0 Å². The molecule has 2 unspecified atom stereocenters. The fraction of sp³-hybridized carbons (Fsp3) is 0.308. The van der Waals surface area contributed by atoms with E-state index in [1.165, 1.54) is 23.0 Å². The van der Waals surface area contributed by atoms with Crippen LogP contribution in [0.15, 0.2) is 60.7 Å². The Hall–Kier alpha value is -3.14. The van der Waals surface area contributed by atoms with Gasteiger partial charge in [-0.3, -0.25) is 4.57 Å². The number of ether oxygens (including phenoxy) is 1. The van der Waals surface area contributed by atoms with Gasteiger partial charge in [-0.05, 0) is 42.5 Å². The number of hydrogen-bond acceptors (Lipinski definition) is 3. The van der Waals surface area contributed by atoms with E-state index in [-0.39, 0.29) is 23.6 Å². The number of aromatic hydroxyl groups is 2. The van der Waals surface area contributed by atoms with E-state index in [4.69, 9.17) is 4.74 Å². The molecule has 30 heavy (non-hydrogen) atoms. The maximum atomic E-state index is 10.8. The Bertz CT molecular complexity index is 1060. The van der Waals surface area contributed by atoms with Crippen molar-refractivity contribution in [1.82, 2.24) is 4.57 Å². The third kappa shape index (κ3) is 3.17. The molecule has 5 rings (SSSR count). The van der Waals surface area contributed by atoms with Crippen molar-refractivity contribution in [2.24, 2.45) is 0 Å². The Kier molecular flexibility index (Phi) is 4.78. The van der Waals surface area contributed by atoms with E-state index in [1.807, 2.05) is 24.3 Å². The Morgan fingerprint density at radius 1 is 0.933 bits per heavy atom. The molecule has 3 aromatic rings. The maximum absolute atomic E-state index is 10.8. The predicted molar refractivity (Wildman–Crippen MR) is 118 cm³/mol. The smallest absolute Gasteiger partial charge is 0.202 e. The number of aromatic nitrogens is 1. The lowest BCUT2D eigenvalue weighted by Gasteiger charge is -2.12. The topological polar surface area (TPSA) is 54.6 Å². The number of benzene rings is 2. The molecule has 4 heteroatoms. The summed E-state index contributed by atoms with van der Waals surface area (Å²) in [5, 5.41) is 21.6. The van der Waals surface area contributed by atoms with Gasteiger partial charge in [-0.15, -0.1) is 0 Å². The zero-order chi connectivity index (χ0) is 20.7. The number of unbranched alkanes of at least 4 members (excludes halogenated alkanes) is 1. The van der Waals surface area contributed by atoms with Crippen LogP contribution < -0.4 is 4.74 Å². The number of aryl methyl sites for hydroxylation is 1. The second kappa shape index (κ2) is 7.60.